The lowest BCUT2D eigenvalue weighted by Crippen LogP contribution is -2.12. The highest BCUT2D eigenvalue weighted by molar-refractivity contribution is 7.99. The molecule has 1 rings (SSSR count). The van der Waals surface area contributed by atoms with Gasteiger partial charge >= 0.3 is 0 Å². The fraction of sp³-hybridized carbons (Fsp3) is 0.462. The Morgan fingerprint density at radius 2 is 2.22 bits per heavy atom. The van der Waals surface area contributed by atoms with Crippen molar-refractivity contribution in [2.75, 3.05) is 22.6 Å². The Morgan fingerprint density at radius 3 is 2.83 bits per heavy atom. The standard InChI is InChI=1S/C13H19ClN2OS/c1-9(2)8-18-6-5-13(17)16-10-3-4-11(14)12(15)7-10/h3-4,7,9H,5-6,8,15H2,1-2H3,(H,16,17). The molecule has 0 saturated carbocycles. The third-order valence-electron chi connectivity index (χ3n) is 2.20. The number of nitrogens with one attached hydrogen (secondary N) is 1. The molecule has 0 aliphatic rings. The molecule has 3 nitrogen and oxygen atoms in total. The van der Waals surface area contributed by atoms with Crippen LogP contribution in [-0.2, 0) is 4.79 Å². The van der Waals surface area contributed by atoms with Crippen LogP contribution in [0, 0.1) is 5.92 Å². The molecule has 5 heteroatoms. The summed E-state index contributed by atoms with van der Waals surface area (Å²) in [7, 11) is 0. The lowest BCUT2D eigenvalue weighted by Gasteiger charge is -2.07. The van der Waals surface area contributed by atoms with E-state index < -0.39 is 0 Å². The number of hydrogen-bond donors (Lipinski definition) is 2. The van der Waals surface area contributed by atoms with Crippen molar-refractivity contribution in [2.24, 2.45) is 5.92 Å². The van der Waals surface area contributed by atoms with Crippen molar-refractivity contribution in [3.8, 4) is 0 Å². The van der Waals surface area contributed by atoms with Crippen molar-refractivity contribution in [3.63, 3.8) is 0 Å². The molecule has 0 atom stereocenters. The van der Waals surface area contributed by atoms with Crippen LogP contribution in [0.2, 0.25) is 5.02 Å². The first kappa shape index (κ1) is 15.2. The van der Waals surface area contributed by atoms with E-state index in [1.807, 2.05) is 0 Å². The number of halogens is 1. The van der Waals surface area contributed by atoms with Gasteiger partial charge in [-0.1, -0.05) is 25.4 Å². The second-order valence-corrected chi connectivity index (χ2v) is 6.06. The predicted molar refractivity (Wildman–Crippen MR) is 81.3 cm³/mol. The monoisotopic (exact) mass is 286 g/mol. The zero-order valence-electron chi connectivity index (χ0n) is 10.7. The van der Waals surface area contributed by atoms with E-state index in [1.165, 1.54) is 0 Å². The maximum Gasteiger partial charge on any atom is 0.225 e. The summed E-state index contributed by atoms with van der Waals surface area (Å²) in [5.74, 6) is 2.59. The quantitative estimate of drug-likeness (QED) is 0.620. The van der Waals surface area contributed by atoms with Crippen molar-refractivity contribution < 1.29 is 4.79 Å². The van der Waals surface area contributed by atoms with Gasteiger partial charge in [0, 0.05) is 17.9 Å². The Kier molecular flexibility index (Phi) is 6.36. The molecular formula is C13H19ClN2OS. The summed E-state index contributed by atoms with van der Waals surface area (Å²) >= 11 is 7.61. The highest BCUT2D eigenvalue weighted by Crippen LogP contribution is 2.22. The molecule has 0 fully saturated rings. The van der Waals surface area contributed by atoms with Crippen molar-refractivity contribution in [1.82, 2.24) is 0 Å². The Morgan fingerprint density at radius 1 is 1.50 bits per heavy atom. The van der Waals surface area contributed by atoms with Gasteiger partial charge in [0.25, 0.3) is 0 Å². The first-order valence-electron chi connectivity index (χ1n) is 5.91. The fourth-order valence-corrected chi connectivity index (χ4v) is 2.41. The Hall–Kier alpha value is -0.870. The summed E-state index contributed by atoms with van der Waals surface area (Å²) in [6, 6.07) is 5.10. The number of hydrogen-bond acceptors (Lipinski definition) is 3. The number of anilines is 2. The molecule has 0 bridgehead atoms. The molecule has 0 aliphatic heterocycles. The van der Waals surface area contributed by atoms with Gasteiger partial charge in [-0.3, -0.25) is 4.79 Å². The molecule has 1 aromatic carbocycles. The normalized spacial score (nSPS) is 10.7. The van der Waals surface area contributed by atoms with E-state index in [-0.39, 0.29) is 5.91 Å². The fourth-order valence-electron chi connectivity index (χ4n) is 1.33. The lowest BCUT2D eigenvalue weighted by molar-refractivity contribution is -0.115. The van der Waals surface area contributed by atoms with E-state index >= 15 is 0 Å². The maximum atomic E-state index is 11.7. The minimum absolute atomic E-state index is 0.00739. The van der Waals surface area contributed by atoms with Crippen LogP contribution in [0.15, 0.2) is 18.2 Å². The molecule has 0 aromatic heterocycles. The van der Waals surface area contributed by atoms with Crippen LogP contribution in [0.1, 0.15) is 20.3 Å². The summed E-state index contributed by atoms with van der Waals surface area (Å²) in [6.07, 6.45) is 0.514. The van der Waals surface area contributed by atoms with Gasteiger partial charge in [-0.15, -0.1) is 0 Å². The number of thioether (sulfide) groups is 1. The SMILES string of the molecule is CC(C)CSCCC(=O)Nc1ccc(Cl)c(N)c1. The number of nitrogen functional groups attached to an aromatic ring is 1. The molecule has 18 heavy (non-hydrogen) atoms. The number of carbonyl (C=O) groups excluding carboxylic acids is 1. The van der Waals surface area contributed by atoms with Crippen LogP contribution >= 0.6 is 23.4 Å². The van der Waals surface area contributed by atoms with E-state index in [9.17, 15) is 4.79 Å². The first-order valence-corrected chi connectivity index (χ1v) is 7.45. The van der Waals surface area contributed by atoms with Crippen molar-refractivity contribution >= 4 is 40.6 Å². The average Bonchev–Trinajstić information content (AvgIpc) is 2.29. The molecule has 0 heterocycles. The summed E-state index contributed by atoms with van der Waals surface area (Å²) in [5, 5.41) is 3.31. The van der Waals surface area contributed by atoms with Gasteiger partial charge in [-0.2, -0.15) is 11.8 Å². The van der Waals surface area contributed by atoms with Gasteiger partial charge in [0.15, 0.2) is 0 Å². The topological polar surface area (TPSA) is 55.1 Å². The van der Waals surface area contributed by atoms with Crippen LogP contribution in [0.5, 0.6) is 0 Å². The molecule has 0 saturated heterocycles. The van der Waals surface area contributed by atoms with Crippen LogP contribution in [-0.4, -0.2) is 17.4 Å². The number of amides is 1. The zero-order valence-corrected chi connectivity index (χ0v) is 12.3. The second kappa shape index (κ2) is 7.54. The predicted octanol–water partition coefficient (Wildman–Crippen LogP) is 3.64. The summed E-state index contributed by atoms with van der Waals surface area (Å²) in [6.45, 7) is 4.34. The minimum atomic E-state index is 0.00739. The Bertz CT molecular complexity index is 410. The average molecular weight is 287 g/mol. The van der Waals surface area contributed by atoms with Crippen LogP contribution in [0.25, 0.3) is 0 Å². The molecule has 3 N–H and O–H groups in total. The Balaban J connectivity index is 2.33. The molecular weight excluding hydrogens is 268 g/mol. The van der Waals surface area contributed by atoms with E-state index in [0.29, 0.717) is 28.7 Å². The molecule has 0 radical (unpaired) electrons. The molecule has 0 aliphatic carbocycles. The van der Waals surface area contributed by atoms with E-state index in [2.05, 4.69) is 19.2 Å². The summed E-state index contributed by atoms with van der Waals surface area (Å²) in [5.41, 5.74) is 6.83. The number of benzene rings is 1. The van der Waals surface area contributed by atoms with Gasteiger partial charge in [0.05, 0.1) is 10.7 Å². The number of rotatable bonds is 6. The third-order valence-corrected chi connectivity index (χ3v) is 3.94. The number of nitrogens with two attached hydrogens (primary N) is 1. The van der Waals surface area contributed by atoms with Crippen LogP contribution in [0.4, 0.5) is 11.4 Å². The highest BCUT2D eigenvalue weighted by atomic mass is 35.5. The first-order chi connectivity index (χ1) is 8.49. The Labute approximate surface area is 117 Å². The van der Waals surface area contributed by atoms with E-state index in [0.717, 1.165) is 11.5 Å². The zero-order chi connectivity index (χ0) is 13.5. The molecule has 1 aromatic rings. The van der Waals surface area contributed by atoms with Gasteiger partial charge in [0.2, 0.25) is 5.91 Å². The molecule has 0 spiro atoms. The van der Waals surface area contributed by atoms with Gasteiger partial charge < -0.3 is 11.1 Å². The summed E-state index contributed by atoms with van der Waals surface area (Å²) < 4.78 is 0. The van der Waals surface area contributed by atoms with E-state index in [1.54, 1.807) is 30.0 Å². The molecule has 1 amide bonds. The van der Waals surface area contributed by atoms with Crippen LogP contribution < -0.4 is 11.1 Å². The van der Waals surface area contributed by atoms with E-state index in [4.69, 9.17) is 17.3 Å². The van der Waals surface area contributed by atoms with Gasteiger partial charge in [0.1, 0.15) is 0 Å². The largest absolute Gasteiger partial charge is 0.397 e. The maximum absolute atomic E-state index is 11.7. The molecule has 100 valence electrons. The van der Waals surface area contributed by atoms with Crippen molar-refractivity contribution in [1.29, 1.82) is 0 Å². The van der Waals surface area contributed by atoms with Gasteiger partial charge in [-0.05, 0) is 29.9 Å². The minimum Gasteiger partial charge on any atom is -0.397 e. The highest BCUT2D eigenvalue weighted by Gasteiger charge is 2.04. The number of carbonyl (C=O) groups is 1. The van der Waals surface area contributed by atoms with Gasteiger partial charge in [-0.25, -0.2) is 0 Å². The van der Waals surface area contributed by atoms with Crippen molar-refractivity contribution in [2.45, 2.75) is 20.3 Å². The van der Waals surface area contributed by atoms with Crippen molar-refractivity contribution in [3.05, 3.63) is 23.2 Å². The molecule has 0 unspecified atom stereocenters. The lowest BCUT2D eigenvalue weighted by atomic mass is 10.2. The summed E-state index contributed by atoms with van der Waals surface area (Å²) in [4.78, 5) is 11.7. The second-order valence-electron chi connectivity index (χ2n) is 4.50. The smallest absolute Gasteiger partial charge is 0.225 e. The van der Waals surface area contributed by atoms with Crippen LogP contribution in [0.3, 0.4) is 0 Å². The third kappa shape index (κ3) is 5.65.